The van der Waals surface area contributed by atoms with Gasteiger partial charge in [0.25, 0.3) is 0 Å². The van der Waals surface area contributed by atoms with Gasteiger partial charge in [0.15, 0.2) is 0 Å². The molecular weight excluding hydrogens is 390 g/mol. The van der Waals surface area contributed by atoms with E-state index in [0.717, 1.165) is 11.1 Å². The Labute approximate surface area is 182 Å². The second kappa shape index (κ2) is 9.98. The molecule has 4 rings (SSSR count). The second-order valence-electron chi connectivity index (χ2n) is 7.89. The zero-order valence-electron chi connectivity index (χ0n) is 17.4. The molecule has 1 aliphatic rings. The van der Waals surface area contributed by atoms with Crippen molar-refractivity contribution in [2.45, 2.75) is 25.4 Å². The van der Waals surface area contributed by atoms with Gasteiger partial charge in [0, 0.05) is 25.6 Å². The Balaban J connectivity index is 1.43. The number of benzene rings is 2. The van der Waals surface area contributed by atoms with E-state index in [0.29, 0.717) is 38.4 Å². The highest BCUT2D eigenvalue weighted by molar-refractivity contribution is 5.81. The Morgan fingerprint density at radius 3 is 2.32 bits per heavy atom. The third kappa shape index (κ3) is 5.54. The number of carbonyl (C=O) groups is 2. The van der Waals surface area contributed by atoms with Crippen molar-refractivity contribution in [2.75, 3.05) is 13.1 Å². The summed E-state index contributed by atoms with van der Waals surface area (Å²) in [6.45, 7) is 1.79. The number of piperidine rings is 1. The van der Waals surface area contributed by atoms with Crippen LogP contribution in [0.2, 0.25) is 0 Å². The molecular formula is C25H27N3O3. The normalized spacial score (nSPS) is 18.4. The maximum absolute atomic E-state index is 12.9. The lowest BCUT2D eigenvalue weighted by molar-refractivity contribution is -0.126. The van der Waals surface area contributed by atoms with Crippen LogP contribution in [-0.4, -0.2) is 29.9 Å². The van der Waals surface area contributed by atoms with Crippen molar-refractivity contribution in [3.8, 4) is 0 Å². The minimum absolute atomic E-state index is 0.0575. The molecule has 1 saturated heterocycles. The summed E-state index contributed by atoms with van der Waals surface area (Å²) in [5.41, 5.74) is 2.19. The van der Waals surface area contributed by atoms with E-state index in [1.165, 1.54) is 0 Å². The molecule has 0 radical (unpaired) electrons. The molecule has 1 aromatic heterocycles. The number of nitrogens with zero attached hydrogens (tertiary/aromatic N) is 1. The van der Waals surface area contributed by atoms with Crippen molar-refractivity contribution in [3.05, 3.63) is 95.9 Å². The molecule has 160 valence electrons. The van der Waals surface area contributed by atoms with Gasteiger partial charge in [-0.2, -0.15) is 0 Å². The van der Waals surface area contributed by atoms with Crippen LogP contribution in [0.25, 0.3) is 0 Å². The molecule has 6 heteroatoms. The van der Waals surface area contributed by atoms with Crippen LogP contribution in [0.4, 0.5) is 4.79 Å². The maximum atomic E-state index is 12.9. The van der Waals surface area contributed by atoms with Crippen molar-refractivity contribution >= 4 is 11.9 Å². The molecule has 31 heavy (non-hydrogen) atoms. The summed E-state index contributed by atoms with van der Waals surface area (Å²) in [4.78, 5) is 27.6. The van der Waals surface area contributed by atoms with Crippen molar-refractivity contribution in [1.82, 2.24) is 15.5 Å². The fourth-order valence-electron chi connectivity index (χ4n) is 4.04. The third-order valence-electron chi connectivity index (χ3n) is 5.68. The topological polar surface area (TPSA) is 74.6 Å². The smallest absolute Gasteiger partial charge is 0.317 e. The van der Waals surface area contributed by atoms with E-state index in [1.54, 1.807) is 17.2 Å². The molecule has 3 aromatic rings. The van der Waals surface area contributed by atoms with E-state index < -0.39 is 0 Å². The number of rotatable bonds is 6. The summed E-state index contributed by atoms with van der Waals surface area (Å²) in [6.07, 6.45) is 2.29. The molecule has 2 unspecified atom stereocenters. The van der Waals surface area contributed by atoms with Crippen LogP contribution in [0, 0.1) is 5.92 Å². The van der Waals surface area contributed by atoms with E-state index in [-0.39, 0.29) is 23.8 Å². The van der Waals surface area contributed by atoms with E-state index in [1.807, 2.05) is 54.6 Å². The molecule has 3 amide bonds. The average Bonchev–Trinajstić information content (AvgIpc) is 3.35. The molecule has 2 atom stereocenters. The van der Waals surface area contributed by atoms with Crippen molar-refractivity contribution < 1.29 is 14.0 Å². The lowest BCUT2D eigenvalue weighted by Crippen LogP contribution is -2.50. The van der Waals surface area contributed by atoms with Gasteiger partial charge in [-0.1, -0.05) is 60.7 Å². The predicted octanol–water partition coefficient (Wildman–Crippen LogP) is 3.91. The third-order valence-corrected chi connectivity index (χ3v) is 5.68. The minimum Gasteiger partial charge on any atom is -0.467 e. The maximum Gasteiger partial charge on any atom is 0.317 e. The predicted molar refractivity (Wildman–Crippen MR) is 118 cm³/mol. The monoisotopic (exact) mass is 417 g/mol. The van der Waals surface area contributed by atoms with E-state index >= 15 is 0 Å². The SMILES string of the molecule is O=C(NCc1ccco1)C1CC(c2ccccc2)CN(C(=O)NCc2ccccc2)C1. The molecule has 2 aromatic carbocycles. The van der Waals surface area contributed by atoms with Crippen LogP contribution >= 0.6 is 0 Å². The van der Waals surface area contributed by atoms with Gasteiger partial charge >= 0.3 is 6.03 Å². The molecule has 2 heterocycles. The highest BCUT2D eigenvalue weighted by atomic mass is 16.3. The Hall–Kier alpha value is -3.54. The molecule has 1 aliphatic heterocycles. The van der Waals surface area contributed by atoms with E-state index in [9.17, 15) is 9.59 Å². The lowest BCUT2D eigenvalue weighted by Gasteiger charge is -2.37. The van der Waals surface area contributed by atoms with Crippen LogP contribution in [0.15, 0.2) is 83.5 Å². The highest BCUT2D eigenvalue weighted by Gasteiger charge is 2.34. The van der Waals surface area contributed by atoms with Gasteiger partial charge in [-0.25, -0.2) is 4.79 Å². The first-order chi connectivity index (χ1) is 15.2. The van der Waals surface area contributed by atoms with Gasteiger partial charge < -0.3 is 20.0 Å². The van der Waals surface area contributed by atoms with Gasteiger partial charge in [0.1, 0.15) is 5.76 Å². The molecule has 0 aliphatic carbocycles. The zero-order chi connectivity index (χ0) is 21.5. The quantitative estimate of drug-likeness (QED) is 0.639. The fourth-order valence-corrected chi connectivity index (χ4v) is 4.04. The number of nitrogens with one attached hydrogen (secondary N) is 2. The van der Waals surface area contributed by atoms with Crippen LogP contribution in [0.5, 0.6) is 0 Å². The number of hydrogen-bond acceptors (Lipinski definition) is 3. The Morgan fingerprint density at radius 2 is 1.61 bits per heavy atom. The van der Waals surface area contributed by atoms with E-state index in [4.69, 9.17) is 4.42 Å². The van der Waals surface area contributed by atoms with Gasteiger partial charge in [0.2, 0.25) is 5.91 Å². The number of carbonyl (C=O) groups excluding carboxylic acids is 2. The van der Waals surface area contributed by atoms with Crippen molar-refractivity contribution in [1.29, 1.82) is 0 Å². The largest absolute Gasteiger partial charge is 0.467 e. The summed E-state index contributed by atoms with van der Waals surface area (Å²) in [6, 6.07) is 23.4. The molecule has 6 nitrogen and oxygen atoms in total. The summed E-state index contributed by atoms with van der Waals surface area (Å²) in [5, 5.41) is 5.95. The molecule has 2 N–H and O–H groups in total. The number of hydrogen-bond donors (Lipinski definition) is 2. The second-order valence-corrected chi connectivity index (χ2v) is 7.89. The minimum atomic E-state index is -0.281. The average molecular weight is 418 g/mol. The first kappa shape index (κ1) is 20.7. The van der Waals surface area contributed by atoms with Crippen LogP contribution < -0.4 is 10.6 Å². The van der Waals surface area contributed by atoms with E-state index in [2.05, 4.69) is 22.8 Å². The first-order valence-electron chi connectivity index (χ1n) is 10.6. The number of urea groups is 1. The fraction of sp³-hybridized carbons (Fsp3) is 0.280. The van der Waals surface area contributed by atoms with Crippen LogP contribution in [0.3, 0.4) is 0 Å². The standard InChI is InChI=1S/C25H27N3O3/c29-24(26-16-23-12-7-13-31-23)22-14-21(20-10-5-2-6-11-20)17-28(18-22)25(30)27-15-19-8-3-1-4-9-19/h1-13,21-22H,14-18H2,(H,26,29)(H,27,30). The Morgan fingerprint density at radius 1 is 0.871 bits per heavy atom. The highest BCUT2D eigenvalue weighted by Crippen LogP contribution is 2.30. The number of amides is 3. The van der Waals surface area contributed by atoms with Crippen molar-refractivity contribution in [3.63, 3.8) is 0 Å². The molecule has 1 fully saturated rings. The molecule has 0 saturated carbocycles. The Kier molecular flexibility index (Phi) is 6.67. The van der Waals surface area contributed by atoms with Gasteiger partial charge in [-0.3, -0.25) is 4.79 Å². The van der Waals surface area contributed by atoms with Gasteiger partial charge in [0.05, 0.1) is 18.7 Å². The number of furan rings is 1. The summed E-state index contributed by atoms with van der Waals surface area (Å²) in [7, 11) is 0. The zero-order valence-corrected chi connectivity index (χ0v) is 17.4. The van der Waals surface area contributed by atoms with Crippen LogP contribution in [-0.2, 0) is 17.9 Å². The first-order valence-corrected chi connectivity index (χ1v) is 10.6. The summed E-state index contributed by atoms with van der Waals surface area (Å²) < 4.78 is 5.31. The van der Waals surface area contributed by atoms with Crippen LogP contribution in [0.1, 0.15) is 29.2 Å². The van der Waals surface area contributed by atoms with Gasteiger partial charge in [-0.15, -0.1) is 0 Å². The lowest BCUT2D eigenvalue weighted by atomic mass is 9.84. The summed E-state index contributed by atoms with van der Waals surface area (Å²) in [5.74, 6) is 0.479. The summed E-state index contributed by atoms with van der Waals surface area (Å²) >= 11 is 0. The molecule has 0 bridgehead atoms. The van der Waals surface area contributed by atoms with Gasteiger partial charge in [-0.05, 0) is 29.7 Å². The molecule has 0 spiro atoms. The number of likely N-dealkylation sites (tertiary alicyclic amines) is 1. The Bertz CT molecular complexity index is 974. The van der Waals surface area contributed by atoms with Crippen molar-refractivity contribution in [2.24, 2.45) is 5.92 Å².